The van der Waals surface area contributed by atoms with Crippen LogP contribution in [-0.2, 0) is 4.74 Å². The van der Waals surface area contributed by atoms with Crippen LogP contribution in [-0.4, -0.2) is 45.2 Å². The fourth-order valence-electron chi connectivity index (χ4n) is 2.31. The molecule has 5 nitrogen and oxygen atoms in total. The summed E-state index contributed by atoms with van der Waals surface area (Å²) in [5.74, 6) is 0. The highest BCUT2D eigenvalue weighted by Crippen LogP contribution is 2.33. The predicted octanol–water partition coefficient (Wildman–Crippen LogP) is 0.964. The number of aromatic nitrogens is 1. The Balaban J connectivity index is 1.82. The minimum absolute atomic E-state index is 0.331. The van der Waals surface area contributed by atoms with Crippen molar-refractivity contribution in [1.29, 1.82) is 0 Å². The van der Waals surface area contributed by atoms with Crippen molar-refractivity contribution in [3.8, 4) is 10.4 Å². The van der Waals surface area contributed by atoms with E-state index in [0.717, 1.165) is 10.4 Å². The normalized spacial score (nSPS) is 29.8. The van der Waals surface area contributed by atoms with Gasteiger partial charge < -0.3 is 20.1 Å². The molecule has 1 fully saturated rings. The lowest BCUT2D eigenvalue weighted by molar-refractivity contribution is -0.0239. The molecule has 0 unspecified atom stereocenters. The molecule has 3 heterocycles. The highest BCUT2D eigenvalue weighted by Gasteiger charge is 2.43. The quantitative estimate of drug-likeness (QED) is 0.785. The molecular formula is C14H15NO4S. The van der Waals surface area contributed by atoms with Gasteiger partial charge in [0.15, 0.2) is 0 Å². The monoisotopic (exact) mass is 293 g/mol. The number of aliphatic hydroxyl groups excluding tert-OH is 3. The maximum absolute atomic E-state index is 9.94. The summed E-state index contributed by atoms with van der Waals surface area (Å²) in [7, 11) is 0. The molecule has 1 aliphatic heterocycles. The summed E-state index contributed by atoms with van der Waals surface area (Å²) in [6.45, 7) is -0.331. The second-order valence-corrected chi connectivity index (χ2v) is 5.66. The highest BCUT2D eigenvalue weighted by molar-refractivity contribution is 7.13. The molecule has 0 bridgehead atoms. The van der Waals surface area contributed by atoms with Crippen molar-refractivity contribution in [3.63, 3.8) is 0 Å². The van der Waals surface area contributed by atoms with Crippen LogP contribution < -0.4 is 0 Å². The van der Waals surface area contributed by atoms with Gasteiger partial charge in [0.1, 0.15) is 24.4 Å². The van der Waals surface area contributed by atoms with Crippen molar-refractivity contribution >= 4 is 11.3 Å². The summed E-state index contributed by atoms with van der Waals surface area (Å²) in [5.41, 5.74) is 1.54. The SMILES string of the molecule is OC[C@H]1O[C@@H](c2ccc(-c3cccs3)cn2)[C@H](O)[C@@H]1O. The number of aliphatic hydroxyl groups is 3. The molecule has 0 amide bonds. The van der Waals surface area contributed by atoms with E-state index in [0.29, 0.717) is 5.69 Å². The fourth-order valence-corrected chi connectivity index (χ4v) is 3.02. The van der Waals surface area contributed by atoms with Crippen molar-refractivity contribution in [1.82, 2.24) is 4.98 Å². The molecule has 1 saturated heterocycles. The van der Waals surface area contributed by atoms with E-state index in [9.17, 15) is 10.2 Å². The predicted molar refractivity (Wildman–Crippen MR) is 74.3 cm³/mol. The minimum atomic E-state index is -1.09. The van der Waals surface area contributed by atoms with Crippen LogP contribution in [0.15, 0.2) is 35.8 Å². The lowest BCUT2D eigenvalue weighted by Gasteiger charge is -2.14. The zero-order valence-electron chi connectivity index (χ0n) is 10.6. The zero-order valence-corrected chi connectivity index (χ0v) is 11.4. The van der Waals surface area contributed by atoms with E-state index < -0.39 is 24.4 Å². The third-order valence-electron chi connectivity index (χ3n) is 3.43. The Morgan fingerprint density at radius 2 is 2.05 bits per heavy atom. The van der Waals surface area contributed by atoms with Gasteiger partial charge in [-0.1, -0.05) is 12.1 Å². The molecule has 0 saturated carbocycles. The van der Waals surface area contributed by atoms with Crippen molar-refractivity contribution in [2.75, 3.05) is 6.61 Å². The zero-order chi connectivity index (χ0) is 14.1. The van der Waals surface area contributed by atoms with Crippen molar-refractivity contribution in [2.45, 2.75) is 24.4 Å². The van der Waals surface area contributed by atoms with E-state index in [-0.39, 0.29) is 6.61 Å². The smallest absolute Gasteiger partial charge is 0.128 e. The second kappa shape index (κ2) is 5.59. The van der Waals surface area contributed by atoms with Crippen LogP contribution in [0.4, 0.5) is 0 Å². The van der Waals surface area contributed by atoms with E-state index in [1.807, 2.05) is 23.6 Å². The second-order valence-electron chi connectivity index (χ2n) is 4.71. The standard InChI is InChI=1S/C14H15NO4S/c16-7-10-12(17)13(18)14(19-10)9-4-3-8(6-15-9)11-2-1-5-20-11/h1-6,10,12-14,16-18H,7H2/t10-,12-,13-,14+/m1/s1. The lowest BCUT2D eigenvalue weighted by atomic mass is 10.0. The Morgan fingerprint density at radius 3 is 2.60 bits per heavy atom. The summed E-state index contributed by atoms with van der Waals surface area (Å²) in [4.78, 5) is 5.42. The van der Waals surface area contributed by atoms with Crippen LogP contribution in [0.2, 0.25) is 0 Å². The molecule has 2 aromatic rings. The largest absolute Gasteiger partial charge is 0.394 e. The van der Waals surface area contributed by atoms with Gasteiger partial charge in [-0.3, -0.25) is 4.98 Å². The topological polar surface area (TPSA) is 82.8 Å². The molecule has 3 N–H and O–H groups in total. The minimum Gasteiger partial charge on any atom is -0.394 e. The molecule has 2 aromatic heterocycles. The summed E-state index contributed by atoms with van der Waals surface area (Å²) in [6.07, 6.45) is -1.93. The average Bonchev–Trinajstić information content (AvgIpc) is 3.10. The molecular weight excluding hydrogens is 278 g/mol. The van der Waals surface area contributed by atoms with Crippen LogP contribution in [0.3, 0.4) is 0 Å². The molecule has 0 spiro atoms. The highest BCUT2D eigenvalue weighted by atomic mass is 32.1. The van der Waals surface area contributed by atoms with E-state index in [2.05, 4.69) is 4.98 Å². The van der Waals surface area contributed by atoms with Crippen LogP contribution in [0.5, 0.6) is 0 Å². The Hall–Kier alpha value is -1.31. The molecule has 0 aromatic carbocycles. The molecule has 0 radical (unpaired) electrons. The molecule has 4 atom stereocenters. The number of hydrogen-bond donors (Lipinski definition) is 3. The third kappa shape index (κ3) is 2.36. The van der Waals surface area contributed by atoms with Crippen molar-refractivity contribution in [2.24, 2.45) is 0 Å². The Morgan fingerprint density at radius 1 is 1.20 bits per heavy atom. The number of pyridine rings is 1. The van der Waals surface area contributed by atoms with Gasteiger partial charge in [0.25, 0.3) is 0 Å². The number of rotatable bonds is 3. The summed E-state index contributed by atoms with van der Waals surface area (Å²) in [5, 5.41) is 30.7. The van der Waals surface area contributed by atoms with E-state index in [1.54, 1.807) is 23.6 Å². The first-order chi connectivity index (χ1) is 9.70. The number of ether oxygens (including phenoxy) is 1. The van der Waals surface area contributed by atoms with Gasteiger partial charge in [-0.05, 0) is 17.5 Å². The number of nitrogens with zero attached hydrogens (tertiary/aromatic N) is 1. The van der Waals surface area contributed by atoms with Crippen molar-refractivity contribution < 1.29 is 20.1 Å². The molecule has 6 heteroatoms. The maximum Gasteiger partial charge on any atom is 0.128 e. The molecule has 1 aliphatic rings. The first-order valence-corrected chi connectivity index (χ1v) is 7.21. The first kappa shape index (κ1) is 13.7. The van der Waals surface area contributed by atoms with Gasteiger partial charge in [-0.2, -0.15) is 0 Å². The number of hydrogen-bond acceptors (Lipinski definition) is 6. The van der Waals surface area contributed by atoms with Crippen LogP contribution in [0, 0.1) is 0 Å². The van der Waals surface area contributed by atoms with Crippen LogP contribution in [0.25, 0.3) is 10.4 Å². The van der Waals surface area contributed by atoms with Gasteiger partial charge in [-0.25, -0.2) is 0 Å². The van der Waals surface area contributed by atoms with Crippen molar-refractivity contribution in [3.05, 3.63) is 41.5 Å². The Labute approximate surface area is 120 Å². The summed E-state index contributed by atoms with van der Waals surface area (Å²) < 4.78 is 5.44. The fraction of sp³-hybridized carbons (Fsp3) is 0.357. The van der Waals surface area contributed by atoms with Gasteiger partial charge in [0.05, 0.1) is 12.3 Å². The van der Waals surface area contributed by atoms with E-state index >= 15 is 0 Å². The molecule has 20 heavy (non-hydrogen) atoms. The Kier molecular flexibility index (Phi) is 3.82. The van der Waals surface area contributed by atoms with Crippen LogP contribution >= 0.6 is 11.3 Å². The van der Waals surface area contributed by atoms with Gasteiger partial charge in [0.2, 0.25) is 0 Å². The average molecular weight is 293 g/mol. The lowest BCUT2D eigenvalue weighted by Crippen LogP contribution is -2.32. The van der Waals surface area contributed by atoms with Gasteiger partial charge >= 0.3 is 0 Å². The van der Waals surface area contributed by atoms with E-state index in [4.69, 9.17) is 9.84 Å². The van der Waals surface area contributed by atoms with Gasteiger partial charge in [0, 0.05) is 16.6 Å². The third-order valence-corrected chi connectivity index (χ3v) is 4.34. The summed E-state index contributed by atoms with van der Waals surface area (Å²) in [6, 6.07) is 7.66. The first-order valence-electron chi connectivity index (χ1n) is 6.33. The van der Waals surface area contributed by atoms with Gasteiger partial charge in [-0.15, -0.1) is 11.3 Å². The van der Waals surface area contributed by atoms with Crippen LogP contribution in [0.1, 0.15) is 11.8 Å². The molecule has 3 rings (SSSR count). The number of thiophene rings is 1. The van der Waals surface area contributed by atoms with E-state index in [1.165, 1.54) is 0 Å². The maximum atomic E-state index is 9.94. The summed E-state index contributed by atoms with van der Waals surface area (Å²) >= 11 is 1.63. The Bertz CT molecular complexity index is 557. The molecule has 106 valence electrons. The molecule has 0 aliphatic carbocycles.